The molecule has 1 amide bonds. The standard InChI is InChI=1S/C22H25F2N3O5S/c1-13(2)19(25-20-15-7-5-6-8-18(15)33(29,30)26-20)21(28)27(3)12-14-9-10-16(32-22(23)24)17(11-14)31-4/h5-11,13,19,22H,12H2,1-4H3,(H,25,26)/t19-/m0/s1. The second kappa shape index (κ2) is 9.74. The van der Waals surface area contributed by atoms with E-state index in [1.165, 1.54) is 30.2 Å². The van der Waals surface area contributed by atoms with Crippen molar-refractivity contribution in [2.24, 2.45) is 10.9 Å². The Labute approximate surface area is 191 Å². The van der Waals surface area contributed by atoms with Gasteiger partial charge >= 0.3 is 6.61 Å². The molecule has 2 aromatic carbocycles. The van der Waals surface area contributed by atoms with Crippen molar-refractivity contribution in [3.05, 3.63) is 53.6 Å². The molecule has 11 heteroatoms. The van der Waals surface area contributed by atoms with E-state index in [-0.39, 0.29) is 40.6 Å². The third-order valence-electron chi connectivity index (χ3n) is 5.06. The topological polar surface area (TPSA) is 97.3 Å². The molecule has 0 bridgehead atoms. The number of methoxy groups -OCH3 is 1. The van der Waals surface area contributed by atoms with Crippen LogP contribution in [0.1, 0.15) is 25.0 Å². The Bertz CT molecular complexity index is 1170. The minimum Gasteiger partial charge on any atom is -0.493 e. The number of rotatable bonds is 8. The Kier molecular flexibility index (Phi) is 7.21. The van der Waals surface area contributed by atoms with Crippen LogP contribution < -0.4 is 14.2 Å². The Balaban J connectivity index is 1.83. The lowest BCUT2D eigenvalue weighted by Gasteiger charge is -2.24. The molecule has 0 radical (unpaired) electrons. The molecule has 1 aliphatic rings. The van der Waals surface area contributed by atoms with Crippen LogP contribution in [0.2, 0.25) is 0 Å². The van der Waals surface area contributed by atoms with E-state index in [1.54, 1.807) is 31.3 Å². The molecule has 8 nitrogen and oxygen atoms in total. The number of amidine groups is 1. The summed E-state index contributed by atoms with van der Waals surface area (Å²) in [5.41, 5.74) is 1.05. The molecule has 1 N–H and O–H groups in total. The van der Waals surface area contributed by atoms with Crippen molar-refractivity contribution >= 4 is 21.8 Å². The fraction of sp³-hybridized carbons (Fsp3) is 0.364. The highest BCUT2D eigenvalue weighted by Crippen LogP contribution is 2.30. The number of fused-ring (bicyclic) bond motifs is 1. The maximum absolute atomic E-state index is 13.2. The quantitative estimate of drug-likeness (QED) is 0.625. The van der Waals surface area contributed by atoms with Crippen LogP contribution in [0.5, 0.6) is 11.5 Å². The lowest BCUT2D eigenvalue weighted by atomic mass is 10.0. The number of carbonyl (C=O) groups is 1. The molecular formula is C22H25F2N3O5S. The first-order valence-corrected chi connectivity index (χ1v) is 11.6. The first-order valence-electron chi connectivity index (χ1n) is 10.1. The SMILES string of the molecule is COc1cc(CN(C)C(=O)[C@@H](N=C2NS(=O)(=O)c3ccccc32)C(C)C)ccc1OC(F)F. The zero-order chi connectivity index (χ0) is 24.3. The fourth-order valence-electron chi connectivity index (χ4n) is 3.44. The summed E-state index contributed by atoms with van der Waals surface area (Å²) < 4.78 is 61.7. The van der Waals surface area contributed by atoms with Gasteiger partial charge in [0.25, 0.3) is 10.0 Å². The van der Waals surface area contributed by atoms with Gasteiger partial charge in [0.05, 0.1) is 12.0 Å². The summed E-state index contributed by atoms with van der Waals surface area (Å²) in [6, 6.07) is 10.0. The Morgan fingerprint density at radius 1 is 1.15 bits per heavy atom. The second-order valence-electron chi connectivity index (χ2n) is 7.83. The first-order chi connectivity index (χ1) is 15.5. The number of nitrogens with one attached hydrogen (secondary N) is 1. The molecule has 0 unspecified atom stereocenters. The van der Waals surface area contributed by atoms with Crippen molar-refractivity contribution in [3.63, 3.8) is 0 Å². The molecule has 1 aliphatic heterocycles. The maximum Gasteiger partial charge on any atom is 0.387 e. The number of amides is 1. The van der Waals surface area contributed by atoms with E-state index in [9.17, 15) is 22.0 Å². The summed E-state index contributed by atoms with van der Waals surface area (Å²) in [6.45, 7) is 0.795. The van der Waals surface area contributed by atoms with E-state index in [0.29, 0.717) is 11.1 Å². The highest BCUT2D eigenvalue weighted by Gasteiger charge is 2.33. The van der Waals surface area contributed by atoms with Crippen LogP contribution in [0, 0.1) is 5.92 Å². The number of halogens is 2. The second-order valence-corrected chi connectivity index (χ2v) is 9.48. The van der Waals surface area contributed by atoms with Crippen molar-refractivity contribution in [3.8, 4) is 11.5 Å². The highest BCUT2D eigenvalue weighted by molar-refractivity contribution is 7.90. The third kappa shape index (κ3) is 5.41. The van der Waals surface area contributed by atoms with E-state index >= 15 is 0 Å². The molecule has 178 valence electrons. The normalized spacial score (nSPS) is 16.4. The van der Waals surface area contributed by atoms with Crippen LogP contribution in [0.15, 0.2) is 52.4 Å². The molecular weight excluding hydrogens is 456 g/mol. The van der Waals surface area contributed by atoms with Crippen molar-refractivity contribution in [1.29, 1.82) is 0 Å². The summed E-state index contributed by atoms with van der Waals surface area (Å²) >= 11 is 0. The summed E-state index contributed by atoms with van der Waals surface area (Å²) in [4.78, 5) is 19.2. The first kappa shape index (κ1) is 24.4. The van der Waals surface area contributed by atoms with Gasteiger partial charge in [-0.3, -0.25) is 14.5 Å². The zero-order valence-corrected chi connectivity index (χ0v) is 19.4. The lowest BCUT2D eigenvalue weighted by molar-refractivity contribution is -0.132. The number of hydrogen-bond acceptors (Lipinski definition) is 6. The summed E-state index contributed by atoms with van der Waals surface area (Å²) in [5.74, 6) is -0.412. The van der Waals surface area contributed by atoms with Crippen molar-refractivity contribution in [2.45, 2.75) is 37.9 Å². The predicted molar refractivity (Wildman–Crippen MR) is 118 cm³/mol. The summed E-state index contributed by atoms with van der Waals surface area (Å²) in [5, 5.41) is 0. The van der Waals surface area contributed by atoms with Crippen LogP contribution >= 0.6 is 0 Å². The number of hydrogen-bond donors (Lipinski definition) is 1. The average molecular weight is 482 g/mol. The van der Waals surface area contributed by atoms with Crippen LogP contribution in [0.25, 0.3) is 0 Å². The molecule has 0 spiro atoms. The van der Waals surface area contributed by atoms with E-state index in [1.807, 2.05) is 13.8 Å². The number of likely N-dealkylation sites (N-methyl/N-ethyl adjacent to an activating group) is 1. The highest BCUT2D eigenvalue weighted by atomic mass is 32.2. The average Bonchev–Trinajstić information content (AvgIpc) is 3.02. The van der Waals surface area contributed by atoms with Gasteiger partial charge in [-0.1, -0.05) is 32.0 Å². The Hall–Kier alpha value is -3.21. The molecule has 1 heterocycles. The minimum atomic E-state index is -3.73. The number of alkyl halides is 2. The van der Waals surface area contributed by atoms with Crippen molar-refractivity contribution < 1.29 is 31.5 Å². The number of aliphatic imine (C=N–C) groups is 1. The van der Waals surface area contributed by atoms with E-state index in [2.05, 4.69) is 14.5 Å². The number of nitrogens with zero attached hydrogens (tertiary/aromatic N) is 2. The number of ether oxygens (including phenoxy) is 2. The van der Waals surface area contributed by atoms with Crippen LogP contribution in [0.4, 0.5) is 8.78 Å². The zero-order valence-electron chi connectivity index (χ0n) is 18.6. The molecule has 0 fully saturated rings. The number of carbonyl (C=O) groups excluding carboxylic acids is 1. The van der Waals surface area contributed by atoms with Gasteiger partial charge < -0.3 is 14.4 Å². The number of sulfonamides is 1. The van der Waals surface area contributed by atoms with Gasteiger partial charge in [0.1, 0.15) is 11.9 Å². The lowest BCUT2D eigenvalue weighted by Crippen LogP contribution is -2.39. The van der Waals surface area contributed by atoms with Gasteiger partial charge in [-0.05, 0) is 35.7 Å². The monoisotopic (exact) mass is 481 g/mol. The molecule has 2 aromatic rings. The molecule has 0 aliphatic carbocycles. The van der Waals surface area contributed by atoms with Crippen molar-refractivity contribution in [1.82, 2.24) is 9.62 Å². The van der Waals surface area contributed by atoms with Crippen LogP contribution in [0.3, 0.4) is 0 Å². The Morgan fingerprint density at radius 3 is 2.48 bits per heavy atom. The van der Waals surface area contributed by atoms with E-state index in [4.69, 9.17) is 4.74 Å². The van der Waals surface area contributed by atoms with Crippen LogP contribution in [-0.2, 0) is 21.4 Å². The largest absolute Gasteiger partial charge is 0.493 e. The molecule has 1 atom stereocenters. The van der Waals surface area contributed by atoms with E-state index < -0.39 is 22.7 Å². The van der Waals surface area contributed by atoms with Gasteiger partial charge in [-0.25, -0.2) is 8.42 Å². The third-order valence-corrected chi connectivity index (χ3v) is 6.45. The summed E-state index contributed by atoms with van der Waals surface area (Å²) in [6.07, 6.45) is 0. The molecule has 33 heavy (non-hydrogen) atoms. The van der Waals surface area contributed by atoms with Gasteiger partial charge in [0.2, 0.25) is 5.91 Å². The molecule has 0 saturated heterocycles. The smallest absolute Gasteiger partial charge is 0.387 e. The molecule has 0 saturated carbocycles. The van der Waals surface area contributed by atoms with E-state index in [0.717, 1.165) is 0 Å². The van der Waals surface area contributed by atoms with Gasteiger partial charge in [-0.2, -0.15) is 8.78 Å². The molecule has 3 rings (SSSR count). The Morgan fingerprint density at radius 2 is 1.85 bits per heavy atom. The summed E-state index contributed by atoms with van der Waals surface area (Å²) in [7, 11) is -0.811. The van der Waals surface area contributed by atoms with Gasteiger partial charge in [0.15, 0.2) is 11.5 Å². The maximum atomic E-state index is 13.2. The minimum absolute atomic E-state index is 0.108. The van der Waals surface area contributed by atoms with Crippen molar-refractivity contribution in [2.75, 3.05) is 14.2 Å². The fourth-order valence-corrected chi connectivity index (χ4v) is 4.68. The molecule has 0 aromatic heterocycles. The predicted octanol–water partition coefficient (Wildman–Crippen LogP) is 3.02. The van der Waals surface area contributed by atoms with Gasteiger partial charge in [0, 0.05) is 19.2 Å². The van der Waals surface area contributed by atoms with Crippen LogP contribution in [-0.4, -0.2) is 51.9 Å². The number of benzene rings is 2. The van der Waals surface area contributed by atoms with Gasteiger partial charge in [-0.15, -0.1) is 0 Å².